The fourth-order valence-electron chi connectivity index (χ4n) is 1.99. The standard InChI is InChI=1S/C13H17N3OS/c1-9-7-10(2)16(15-9)12(8-14-11(3)17)13-5-4-6-18-13/h4-7,12H,8H2,1-3H3,(H,14,17)/t12-/m1/s1. The molecule has 0 saturated heterocycles. The van der Waals surface area contributed by atoms with E-state index in [0.717, 1.165) is 11.4 Å². The minimum Gasteiger partial charge on any atom is -0.354 e. The molecule has 1 atom stereocenters. The summed E-state index contributed by atoms with van der Waals surface area (Å²) in [4.78, 5) is 12.3. The van der Waals surface area contributed by atoms with Crippen LogP contribution in [-0.4, -0.2) is 22.2 Å². The van der Waals surface area contributed by atoms with Crippen molar-refractivity contribution in [2.24, 2.45) is 0 Å². The van der Waals surface area contributed by atoms with Gasteiger partial charge in [-0.05, 0) is 31.4 Å². The topological polar surface area (TPSA) is 46.9 Å². The van der Waals surface area contributed by atoms with Gasteiger partial charge < -0.3 is 5.32 Å². The second-order valence-corrected chi connectivity index (χ2v) is 5.32. The van der Waals surface area contributed by atoms with E-state index in [9.17, 15) is 4.79 Å². The lowest BCUT2D eigenvalue weighted by atomic mass is 10.2. The van der Waals surface area contributed by atoms with E-state index in [2.05, 4.69) is 16.5 Å². The van der Waals surface area contributed by atoms with Crippen molar-refractivity contribution in [1.29, 1.82) is 0 Å². The minimum absolute atomic E-state index is 0.0157. The molecular formula is C13H17N3OS. The summed E-state index contributed by atoms with van der Waals surface area (Å²) in [6.07, 6.45) is 0. The number of carbonyl (C=O) groups excluding carboxylic acids is 1. The average Bonchev–Trinajstić information content (AvgIpc) is 2.90. The van der Waals surface area contributed by atoms with Gasteiger partial charge in [-0.1, -0.05) is 6.07 Å². The summed E-state index contributed by atoms with van der Waals surface area (Å²) in [7, 11) is 0. The van der Waals surface area contributed by atoms with E-state index >= 15 is 0 Å². The van der Waals surface area contributed by atoms with Gasteiger partial charge in [-0.2, -0.15) is 5.10 Å². The first-order valence-electron chi connectivity index (χ1n) is 5.88. The van der Waals surface area contributed by atoms with Crippen molar-refractivity contribution >= 4 is 17.2 Å². The zero-order valence-electron chi connectivity index (χ0n) is 10.8. The maximum atomic E-state index is 11.1. The summed E-state index contributed by atoms with van der Waals surface area (Å²) in [6, 6.07) is 6.22. The molecule has 1 N–H and O–H groups in total. The van der Waals surface area contributed by atoms with Crippen LogP contribution in [0.1, 0.15) is 29.2 Å². The molecule has 4 nitrogen and oxygen atoms in total. The van der Waals surface area contributed by atoms with Crippen molar-refractivity contribution < 1.29 is 4.79 Å². The molecule has 96 valence electrons. The van der Waals surface area contributed by atoms with Gasteiger partial charge in [0.05, 0.1) is 5.69 Å². The van der Waals surface area contributed by atoms with Crippen LogP contribution in [0.3, 0.4) is 0 Å². The fraction of sp³-hybridized carbons (Fsp3) is 0.385. The SMILES string of the molecule is CC(=O)NC[C@H](c1cccs1)n1nc(C)cc1C. The van der Waals surface area contributed by atoms with Gasteiger partial charge in [0.25, 0.3) is 0 Å². The zero-order valence-corrected chi connectivity index (χ0v) is 11.6. The smallest absolute Gasteiger partial charge is 0.216 e. The summed E-state index contributed by atoms with van der Waals surface area (Å²) >= 11 is 1.68. The third-order valence-corrected chi connectivity index (χ3v) is 3.73. The number of nitrogens with zero attached hydrogens (tertiary/aromatic N) is 2. The normalized spacial score (nSPS) is 12.4. The monoisotopic (exact) mass is 263 g/mol. The van der Waals surface area contributed by atoms with E-state index in [0.29, 0.717) is 6.54 Å². The molecule has 0 aliphatic heterocycles. The Balaban J connectivity index is 2.30. The van der Waals surface area contributed by atoms with Crippen LogP contribution in [0.4, 0.5) is 0 Å². The second kappa shape index (κ2) is 5.35. The van der Waals surface area contributed by atoms with Crippen molar-refractivity contribution in [3.8, 4) is 0 Å². The number of nitrogens with one attached hydrogen (secondary N) is 1. The Morgan fingerprint density at radius 2 is 2.33 bits per heavy atom. The van der Waals surface area contributed by atoms with Gasteiger partial charge in [-0.25, -0.2) is 0 Å². The van der Waals surface area contributed by atoms with Crippen molar-refractivity contribution in [2.75, 3.05) is 6.54 Å². The summed E-state index contributed by atoms with van der Waals surface area (Å²) < 4.78 is 1.98. The van der Waals surface area contributed by atoms with Crippen molar-refractivity contribution in [3.63, 3.8) is 0 Å². The molecule has 0 aromatic carbocycles. The van der Waals surface area contributed by atoms with E-state index < -0.39 is 0 Å². The Labute approximate surface area is 111 Å². The molecule has 2 aromatic rings. The van der Waals surface area contributed by atoms with E-state index in [4.69, 9.17) is 0 Å². The lowest BCUT2D eigenvalue weighted by molar-refractivity contribution is -0.119. The molecule has 0 bridgehead atoms. The predicted molar refractivity (Wildman–Crippen MR) is 72.8 cm³/mol. The highest BCUT2D eigenvalue weighted by atomic mass is 32.1. The second-order valence-electron chi connectivity index (χ2n) is 4.34. The molecule has 2 heterocycles. The molecule has 0 aliphatic carbocycles. The number of hydrogen-bond acceptors (Lipinski definition) is 3. The molecule has 1 amide bonds. The Hall–Kier alpha value is -1.62. The van der Waals surface area contributed by atoms with Gasteiger partial charge >= 0.3 is 0 Å². The molecule has 2 rings (SSSR count). The largest absolute Gasteiger partial charge is 0.354 e. The van der Waals surface area contributed by atoms with Gasteiger partial charge in [-0.3, -0.25) is 9.48 Å². The van der Waals surface area contributed by atoms with Crippen LogP contribution in [-0.2, 0) is 4.79 Å². The molecule has 0 spiro atoms. The number of thiophene rings is 1. The molecule has 0 unspecified atom stereocenters. The lowest BCUT2D eigenvalue weighted by Crippen LogP contribution is -2.30. The molecule has 5 heteroatoms. The van der Waals surface area contributed by atoms with Crippen molar-refractivity contribution in [3.05, 3.63) is 39.8 Å². The van der Waals surface area contributed by atoms with Crippen LogP contribution in [0.25, 0.3) is 0 Å². The maximum Gasteiger partial charge on any atom is 0.216 e. The Bertz CT molecular complexity index is 530. The maximum absolute atomic E-state index is 11.1. The highest BCUT2D eigenvalue weighted by Crippen LogP contribution is 2.23. The Morgan fingerprint density at radius 1 is 1.56 bits per heavy atom. The number of hydrogen-bond donors (Lipinski definition) is 1. The van der Waals surface area contributed by atoms with Gasteiger partial charge in [0.2, 0.25) is 5.91 Å². The first kappa shape index (κ1) is 12.8. The van der Waals surface area contributed by atoms with E-state index in [1.54, 1.807) is 11.3 Å². The van der Waals surface area contributed by atoms with Crippen molar-refractivity contribution in [1.82, 2.24) is 15.1 Å². The van der Waals surface area contributed by atoms with E-state index in [-0.39, 0.29) is 11.9 Å². The van der Waals surface area contributed by atoms with Crippen molar-refractivity contribution in [2.45, 2.75) is 26.8 Å². The van der Waals surface area contributed by atoms with E-state index in [1.807, 2.05) is 36.0 Å². The van der Waals surface area contributed by atoms with Crippen LogP contribution >= 0.6 is 11.3 Å². The summed E-state index contributed by atoms with van der Waals surface area (Å²) in [6.45, 7) is 6.12. The number of carbonyl (C=O) groups is 1. The van der Waals surface area contributed by atoms with E-state index in [1.165, 1.54) is 11.8 Å². The number of amides is 1. The highest BCUT2D eigenvalue weighted by Gasteiger charge is 2.18. The van der Waals surface area contributed by atoms with Gasteiger partial charge in [0, 0.05) is 24.0 Å². The quantitative estimate of drug-likeness (QED) is 0.920. The summed E-state index contributed by atoms with van der Waals surface area (Å²) in [5, 5.41) is 9.44. The van der Waals surface area contributed by atoms with Crippen LogP contribution < -0.4 is 5.32 Å². The Morgan fingerprint density at radius 3 is 2.83 bits per heavy atom. The van der Waals surface area contributed by atoms with Gasteiger partial charge in [0.1, 0.15) is 6.04 Å². The average molecular weight is 263 g/mol. The number of rotatable bonds is 4. The van der Waals surface area contributed by atoms with Crippen LogP contribution in [0.2, 0.25) is 0 Å². The van der Waals surface area contributed by atoms with Gasteiger partial charge in [-0.15, -0.1) is 11.3 Å². The molecular weight excluding hydrogens is 246 g/mol. The number of aryl methyl sites for hydroxylation is 2. The predicted octanol–water partition coefficient (Wildman–Crippen LogP) is 2.29. The molecule has 0 aliphatic rings. The van der Waals surface area contributed by atoms with Gasteiger partial charge in [0.15, 0.2) is 0 Å². The van der Waals surface area contributed by atoms with Crippen LogP contribution in [0.15, 0.2) is 23.6 Å². The number of aromatic nitrogens is 2. The first-order chi connectivity index (χ1) is 8.58. The molecule has 18 heavy (non-hydrogen) atoms. The Kier molecular flexibility index (Phi) is 3.81. The molecule has 0 saturated carbocycles. The lowest BCUT2D eigenvalue weighted by Gasteiger charge is -2.18. The highest BCUT2D eigenvalue weighted by molar-refractivity contribution is 7.10. The third-order valence-electron chi connectivity index (χ3n) is 2.76. The fourth-order valence-corrected chi connectivity index (χ4v) is 2.80. The molecule has 2 aromatic heterocycles. The van der Waals surface area contributed by atoms with Crippen LogP contribution in [0.5, 0.6) is 0 Å². The zero-order chi connectivity index (χ0) is 13.1. The molecule has 0 radical (unpaired) electrons. The minimum atomic E-state index is -0.0157. The first-order valence-corrected chi connectivity index (χ1v) is 6.76. The molecule has 0 fully saturated rings. The third kappa shape index (κ3) is 2.79. The summed E-state index contributed by atoms with van der Waals surface area (Å²) in [5.41, 5.74) is 2.10. The summed E-state index contributed by atoms with van der Waals surface area (Å²) in [5.74, 6) is -0.0157. The van der Waals surface area contributed by atoms with Crippen LogP contribution in [0, 0.1) is 13.8 Å².